The van der Waals surface area contributed by atoms with E-state index in [2.05, 4.69) is 47.5 Å². The minimum absolute atomic E-state index is 0.671. The van der Waals surface area contributed by atoms with Gasteiger partial charge < -0.3 is 10.2 Å². The van der Waals surface area contributed by atoms with Crippen molar-refractivity contribution in [1.82, 2.24) is 25.2 Å². The molecule has 0 bridgehead atoms. The molecule has 0 unspecified atom stereocenters. The highest BCUT2D eigenvalue weighted by molar-refractivity contribution is 4.91. The first-order valence-electron chi connectivity index (χ1n) is 8.49. The van der Waals surface area contributed by atoms with Crippen molar-refractivity contribution in [2.45, 2.75) is 53.1 Å². The van der Waals surface area contributed by atoms with Gasteiger partial charge in [0.1, 0.15) is 0 Å². The molecule has 120 valence electrons. The molecule has 0 atom stereocenters. The first kappa shape index (κ1) is 16.4. The Labute approximate surface area is 129 Å². The van der Waals surface area contributed by atoms with E-state index in [4.69, 9.17) is 0 Å². The molecular formula is C16H31N5. The number of nitrogens with one attached hydrogen (secondary N) is 1. The zero-order valence-electron chi connectivity index (χ0n) is 13.9. The minimum Gasteiger partial charge on any atom is -0.311 e. The van der Waals surface area contributed by atoms with Crippen LogP contribution in [0.2, 0.25) is 0 Å². The zero-order valence-corrected chi connectivity index (χ0v) is 13.9. The standard InChI is InChI=1S/C16H31N5/c1-4-7-20(12-15-5-6-15)8-9-21-13-16(18-19-21)11-17-10-14(2)3/h13-15,17H,4-12H2,1-3H3. The molecule has 1 aliphatic rings. The molecule has 1 aromatic rings. The van der Waals surface area contributed by atoms with E-state index in [9.17, 15) is 0 Å². The molecule has 1 aliphatic carbocycles. The van der Waals surface area contributed by atoms with Gasteiger partial charge in [0.25, 0.3) is 0 Å². The Balaban J connectivity index is 1.70. The van der Waals surface area contributed by atoms with Crippen molar-refractivity contribution in [1.29, 1.82) is 0 Å². The van der Waals surface area contributed by atoms with Crippen molar-refractivity contribution >= 4 is 0 Å². The van der Waals surface area contributed by atoms with Crippen LogP contribution >= 0.6 is 0 Å². The largest absolute Gasteiger partial charge is 0.311 e. The minimum atomic E-state index is 0.671. The van der Waals surface area contributed by atoms with Gasteiger partial charge in [-0.3, -0.25) is 4.68 Å². The van der Waals surface area contributed by atoms with E-state index in [0.29, 0.717) is 5.92 Å². The predicted octanol–water partition coefficient (Wildman–Crippen LogP) is 2.15. The summed E-state index contributed by atoms with van der Waals surface area (Å²) in [6.45, 7) is 13.0. The van der Waals surface area contributed by atoms with Gasteiger partial charge in [-0.1, -0.05) is 26.0 Å². The lowest BCUT2D eigenvalue weighted by Crippen LogP contribution is -2.30. The molecule has 2 rings (SSSR count). The van der Waals surface area contributed by atoms with Crippen LogP contribution in [-0.4, -0.2) is 46.1 Å². The van der Waals surface area contributed by atoms with E-state index in [1.807, 2.05) is 4.68 Å². The van der Waals surface area contributed by atoms with Crippen molar-refractivity contribution in [3.63, 3.8) is 0 Å². The third kappa shape index (κ3) is 6.57. The smallest absolute Gasteiger partial charge is 0.0964 e. The summed E-state index contributed by atoms with van der Waals surface area (Å²) in [5.74, 6) is 1.63. The van der Waals surface area contributed by atoms with E-state index in [1.165, 1.54) is 32.4 Å². The van der Waals surface area contributed by atoms with E-state index < -0.39 is 0 Å². The SMILES string of the molecule is CCCN(CCn1cc(CNCC(C)C)nn1)CC1CC1. The molecule has 0 amide bonds. The fourth-order valence-electron chi connectivity index (χ4n) is 2.54. The second-order valence-corrected chi connectivity index (χ2v) is 6.74. The molecule has 21 heavy (non-hydrogen) atoms. The number of hydrogen-bond acceptors (Lipinski definition) is 4. The van der Waals surface area contributed by atoms with Gasteiger partial charge in [-0.05, 0) is 44.2 Å². The summed E-state index contributed by atoms with van der Waals surface area (Å²) in [6.07, 6.45) is 6.16. The molecule has 1 fully saturated rings. The fourth-order valence-corrected chi connectivity index (χ4v) is 2.54. The molecule has 1 N–H and O–H groups in total. The van der Waals surface area contributed by atoms with Crippen LogP contribution in [0.4, 0.5) is 0 Å². The molecule has 0 saturated heterocycles. The summed E-state index contributed by atoms with van der Waals surface area (Å²) in [7, 11) is 0. The Bertz CT molecular complexity index is 397. The zero-order chi connectivity index (χ0) is 15.1. The Kier molecular flexibility index (Phi) is 6.64. The summed E-state index contributed by atoms with van der Waals surface area (Å²) in [6, 6.07) is 0. The van der Waals surface area contributed by atoms with Crippen molar-refractivity contribution < 1.29 is 0 Å². The van der Waals surface area contributed by atoms with Crippen molar-refractivity contribution in [3.05, 3.63) is 11.9 Å². The highest BCUT2D eigenvalue weighted by Gasteiger charge is 2.23. The van der Waals surface area contributed by atoms with Gasteiger partial charge in [-0.25, -0.2) is 0 Å². The number of nitrogens with zero attached hydrogens (tertiary/aromatic N) is 4. The van der Waals surface area contributed by atoms with Crippen LogP contribution in [0.15, 0.2) is 6.20 Å². The Morgan fingerprint density at radius 3 is 2.86 bits per heavy atom. The normalized spacial score (nSPS) is 15.3. The maximum Gasteiger partial charge on any atom is 0.0964 e. The summed E-state index contributed by atoms with van der Waals surface area (Å²) in [4.78, 5) is 2.58. The molecule has 1 saturated carbocycles. The number of hydrogen-bond donors (Lipinski definition) is 1. The summed E-state index contributed by atoms with van der Waals surface area (Å²) in [5.41, 5.74) is 1.04. The van der Waals surface area contributed by atoms with Gasteiger partial charge in [0, 0.05) is 25.8 Å². The fraction of sp³-hybridized carbons (Fsp3) is 0.875. The molecule has 1 aromatic heterocycles. The van der Waals surface area contributed by atoms with Crippen LogP contribution in [0.1, 0.15) is 45.7 Å². The molecule has 0 aromatic carbocycles. The van der Waals surface area contributed by atoms with Gasteiger partial charge in [-0.15, -0.1) is 5.10 Å². The van der Waals surface area contributed by atoms with Gasteiger partial charge in [0.2, 0.25) is 0 Å². The molecule has 0 aliphatic heterocycles. The lowest BCUT2D eigenvalue weighted by atomic mass is 10.2. The molecule has 0 spiro atoms. The van der Waals surface area contributed by atoms with Gasteiger partial charge in [0.15, 0.2) is 0 Å². The Morgan fingerprint density at radius 2 is 2.19 bits per heavy atom. The van der Waals surface area contributed by atoms with Gasteiger partial charge in [-0.2, -0.15) is 0 Å². The maximum atomic E-state index is 4.24. The summed E-state index contributed by atoms with van der Waals surface area (Å²) < 4.78 is 1.99. The van der Waals surface area contributed by atoms with Crippen molar-refractivity contribution in [3.8, 4) is 0 Å². The topological polar surface area (TPSA) is 46.0 Å². The lowest BCUT2D eigenvalue weighted by molar-refractivity contribution is 0.248. The average molecular weight is 293 g/mol. The van der Waals surface area contributed by atoms with Crippen LogP contribution in [-0.2, 0) is 13.1 Å². The van der Waals surface area contributed by atoms with Gasteiger partial charge >= 0.3 is 0 Å². The molecule has 1 heterocycles. The van der Waals surface area contributed by atoms with E-state index in [-0.39, 0.29) is 0 Å². The lowest BCUT2D eigenvalue weighted by Gasteiger charge is -2.21. The third-order valence-corrected chi connectivity index (χ3v) is 3.84. The summed E-state index contributed by atoms with van der Waals surface area (Å²) >= 11 is 0. The predicted molar refractivity (Wildman–Crippen MR) is 86.0 cm³/mol. The van der Waals surface area contributed by atoms with Crippen LogP contribution in [0.25, 0.3) is 0 Å². The van der Waals surface area contributed by atoms with Crippen LogP contribution in [0.5, 0.6) is 0 Å². The van der Waals surface area contributed by atoms with Crippen LogP contribution in [0, 0.1) is 11.8 Å². The second-order valence-electron chi connectivity index (χ2n) is 6.74. The van der Waals surface area contributed by atoms with Gasteiger partial charge in [0.05, 0.1) is 12.2 Å². The molecular weight excluding hydrogens is 262 g/mol. The quantitative estimate of drug-likeness (QED) is 0.679. The van der Waals surface area contributed by atoms with E-state index in [0.717, 1.165) is 37.8 Å². The highest BCUT2D eigenvalue weighted by atomic mass is 15.4. The van der Waals surface area contributed by atoms with Crippen LogP contribution < -0.4 is 5.32 Å². The molecule has 5 nitrogen and oxygen atoms in total. The average Bonchev–Trinajstić information content (AvgIpc) is 3.14. The monoisotopic (exact) mass is 293 g/mol. The third-order valence-electron chi connectivity index (χ3n) is 3.84. The first-order valence-corrected chi connectivity index (χ1v) is 8.49. The summed E-state index contributed by atoms with van der Waals surface area (Å²) in [5, 5.41) is 11.9. The highest BCUT2D eigenvalue weighted by Crippen LogP contribution is 2.29. The van der Waals surface area contributed by atoms with Crippen molar-refractivity contribution in [2.24, 2.45) is 11.8 Å². The Morgan fingerprint density at radius 1 is 1.38 bits per heavy atom. The van der Waals surface area contributed by atoms with Crippen LogP contribution in [0.3, 0.4) is 0 Å². The maximum absolute atomic E-state index is 4.24. The number of aromatic nitrogens is 3. The van der Waals surface area contributed by atoms with E-state index in [1.54, 1.807) is 0 Å². The van der Waals surface area contributed by atoms with Crippen molar-refractivity contribution in [2.75, 3.05) is 26.2 Å². The van der Waals surface area contributed by atoms with E-state index >= 15 is 0 Å². The Hall–Kier alpha value is -0.940. The molecule has 0 radical (unpaired) electrons. The number of rotatable bonds is 11. The molecule has 5 heteroatoms. The second kappa shape index (κ2) is 8.49. The first-order chi connectivity index (χ1) is 10.2.